The van der Waals surface area contributed by atoms with E-state index < -0.39 is 8.32 Å². The standard InChI is InChI=1S/C17H30O2Si/c1-13(9-18)8-16-10-17(11-16,12-16)14(2)19-20(6,7)15(3,4)5/h8-9,14H,10-12H2,1-7H3/b13-8+. The average Bonchev–Trinajstić information content (AvgIpc) is 2.18. The van der Waals surface area contributed by atoms with Gasteiger partial charge < -0.3 is 4.43 Å². The van der Waals surface area contributed by atoms with Gasteiger partial charge in [0.1, 0.15) is 6.29 Å². The molecule has 3 rings (SSSR count). The maximum absolute atomic E-state index is 10.8. The van der Waals surface area contributed by atoms with Crippen molar-refractivity contribution in [2.45, 2.75) is 78.1 Å². The molecule has 0 aromatic rings. The zero-order valence-electron chi connectivity index (χ0n) is 14.2. The molecular weight excluding hydrogens is 264 g/mol. The van der Waals surface area contributed by atoms with Crippen molar-refractivity contribution in [3.05, 3.63) is 11.6 Å². The topological polar surface area (TPSA) is 26.3 Å². The Morgan fingerprint density at radius 3 is 2.15 bits per heavy atom. The molecule has 3 aliphatic carbocycles. The number of allylic oxidation sites excluding steroid dienone is 2. The molecule has 1 unspecified atom stereocenters. The van der Waals surface area contributed by atoms with E-state index in [9.17, 15) is 4.79 Å². The van der Waals surface area contributed by atoms with E-state index in [4.69, 9.17) is 4.43 Å². The number of hydrogen-bond acceptors (Lipinski definition) is 2. The molecule has 0 saturated heterocycles. The first kappa shape index (κ1) is 16.0. The first-order chi connectivity index (χ1) is 8.95. The molecule has 0 aromatic carbocycles. The third kappa shape index (κ3) is 2.43. The second kappa shape index (κ2) is 4.54. The molecule has 0 radical (unpaired) electrons. The molecule has 1 atom stereocenters. The van der Waals surface area contributed by atoms with Gasteiger partial charge >= 0.3 is 0 Å². The summed E-state index contributed by atoms with van der Waals surface area (Å²) in [6.45, 7) is 15.7. The molecular formula is C17H30O2Si. The second-order valence-electron chi connectivity index (χ2n) is 8.78. The van der Waals surface area contributed by atoms with Crippen molar-refractivity contribution in [2.24, 2.45) is 10.8 Å². The average molecular weight is 295 g/mol. The Labute approximate surface area is 125 Å². The van der Waals surface area contributed by atoms with Gasteiger partial charge in [-0.3, -0.25) is 4.79 Å². The highest BCUT2D eigenvalue weighted by molar-refractivity contribution is 6.74. The molecule has 20 heavy (non-hydrogen) atoms. The number of hydrogen-bond donors (Lipinski definition) is 0. The van der Waals surface area contributed by atoms with Crippen LogP contribution in [0.2, 0.25) is 18.1 Å². The van der Waals surface area contributed by atoms with Gasteiger partial charge in [-0.1, -0.05) is 26.8 Å². The van der Waals surface area contributed by atoms with Crippen molar-refractivity contribution >= 4 is 14.6 Å². The van der Waals surface area contributed by atoms with Crippen molar-refractivity contribution in [1.29, 1.82) is 0 Å². The first-order valence-corrected chi connectivity index (χ1v) is 10.7. The normalized spacial score (nSPS) is 35.0. The van der Waals surface area contributed by atoms with Gasteiger partial charge in [0.25, 0.3) is 0 Å². The Morgan fingerprint density at radius 2 is 1.75 bits per heavy atom. The molecule has 2 nitrogen and oxygen atoms in total. The highest BCUT2D eigenvalue weighted by Gasteiger charge is 2.69. The predicted molar refractivity (Wildman–Crippen MR) is 86.3 cm³/mol. The maximum atomic E-state index is 10.8. The largest absolute Gasteiger partial charge is 0.414 e. The molecule has 3 saturated carbocycles. The van der Waals surface area contributed by atoms with Crippen LogP contribution >= 0.6 is 0 Å². The van der Waals surface area contributed by atoms with Crippen LogP contribution in [0.15, 0.2) is 11.6 Å². The lowest BCUT2D eigenvalue weighted by molar-refractivity contribution is -0.219. The SMILES string of the molecule is C/C(C=O)=C\C12CC(C(C)O[Si](C)(C)C(C)(C)C)(C1)C2. The van der Waals surface area contributed by atoms with Gasteiger partial charge in [-0.15, -0.1) is 0 Å². The Hall–Kier alpha value is -0.413. The summed E-state index contributed by atoms with van der Waals surface area (Å²) >= 11 is 0. The molecule has 0 amide bonds. The van der Waals surface area contributed by atoms with Crippen LogP contribution in [0.25, 0.3) is 0 Å². The fourth-order valence-corrected chi connectivity index (χ4v) is 5.28. The van der Waals surface area contributed by atoms with Crippen molar-refractivity contribution in [1.82, 2.24) is 0 Å². The van der Waals surface area contributed by atoms with Gasteiger partial charge in [-0.25, -0.2) is 0 Å². The summed E-state index contributed by atoms with van der Waals surface area (Å²) in [7, 11) is -1.67. The lowest BCUT2D eigenvalue weighted by Crippen LogP contribution is -2.67. The third-order valence-corrected chi connectivity index (χ3v) is 10.5. The minimum atomic E-state index is -1.67. The molecule has 0 aliphatic heterocycles. The summed E-state index contributed by atoms with van der Waals surface area (Å²) in [5.41, 5.74) is 1.61. The van der Waals surface area contributed by atoms with E-state index in [2.05, 4.69) is 46.9 Å². The zero-order valence-corrected chi connectivity index (χ0v) is 15.2. The van der Waals surface area contributed by atoms with E-state index in [1.807, 2.05) is 6.92 Å². The molecule has 0 spiro atoms. The van der Waals surface area contributed by atoms with E-state index in [1.165, 1.54) is 19.3 Å². The summed E-state index contributed by atoms with van der Waals surface area (Å²) in [5, 5.41) is 0.274. The Morgan fingerprint density at radius 1 is 1.25 bits per heavy atom. The molecule has 3 heteroatoms. The molecule has 0 heterocycles. The second-order valence-corrected chi connectivity index (χ2v) is 13.5. The van der Waals surface area contributed by atoms with Crippen LogP contribution in [0, 0.1) is 10.8 Å². The first-order valence-electron chi connectivity index (χ1n) is 7.78. The molecule has 3 fully saturated rings. The monoisotopic (exact) mass is 294 g/mol. The lowest BCUT2D eigenvalue weighted by Gasteiger charge is -2.72. The number of carbonyl (C=O) groups excluding carboxylic acids is 1. The highest BCUT2D eigenvalue weighted by atomic mass is 28.4. The number of carbonyl (C=O) groups is 1. The number of aldehydes is 1. The van der Waals surface area contributed by atoms with Crippen LogP contribution in [-0.2, 0) is 9.22 Å². The van der Waals surface area contributed by atoms with E-state index in [-0.39, 0.29) is 5.04 Å². The van der Waals surface area contributed by atoms with Crippen molar-refractivity contribution in [2.75, 3.05) is 0 Å². The highest BCUT2D eigenvalue weighted by Crippen LogP contribution is 2.76. The lowest BCUT2D eigenvalue weighted by atomic mass is 9.33. The van der Waals surface area contributed by atoms with Crippen LogP contribution in [0.1, 0.15) is 53.9 Å². The fraction of sp³-hybridized carbons (Fsp3) is 0.824. The Kier molecular flexibility index (Phi) is 3.62. The van der Waals surface area contributed by atoms with Crippen LogP contribution in [0.5, 0.6) is 0 Å². The molecule has 2 bridgehead atoms. The van der Waals surface area contributed by atoms with Gasteiger partial charge in [0.15, 0.2) is 8.32 Å². The van der Waals surface area contributed by atoms with Gasteiger partial charge in [0, 0.05) is 6.10 Å². The molecule has 114 valence electrons. The van der Waals surface area contributed by atoms with Crippen LogP contribution < -0.4 is 0 Å². The summed E-state index contributed by atoms with van der Waals surface area (Å²) < 4.78 is 6.57. The van der Waals surface area contributed by atoms with Crippen LogP contribution in [-0.4, -0.2) is 20.7 Å². The molecule has 3 aliphatic rings. The van der Waals surface area contributed by atoms with Crippen molar-refractivity contribution in [3.8, 4) is 0 Å². The quantitative estimate of drug-likeness (QED) is 0.417. The molecule has 0 aromatic heterocycles. The summed E-state index contributed by atoms with van der Waals surface area (Å²) in [6.07, 6.45) is 7.15. The Balaban J connectivity index is 1.96. The summed E-state index contributed by atoms with van der Waals surface area (Å²) in [6, 6.07) is 0. The smallest absolute Gasteiger partial charge is 0.192 e. The van der Waals surface area contributed by atoms with Gasteiger partial charge in [0.05, 0.1) is 0 Å². The summed E-state index contributed by atoms with van der Waals surface area (Å²) in [5.74, 6) is 0. The van der Waals surface area contributed by atoms with Crippen LogP contribution in [0.4, 0.5) is 0 Å². The van der Waals surface area contributed by atoms with Gasteiger partial charge in [-0.2, -0.15) is 0 Å². The Bertz CT molecular complexity index is 423. The third-order valence-electron chi connectivity index (χ3n) is 5.97. The number of rotatable bonds is 5. The van der Waals surface area contributed by atoms with Crippen molar-refractivity contribution in [3.63, 3.8) is 0 Å². The fourth-order valence-electron chi connectivity index (χ4n) is 3.79. The van der Waals surface area contributed by atoms with Gasteiger partial charge in [0.2, 0.25) is 0 Å². The van der Waals surface area contributed by atoms with Gasteiger partial charge in [-0.05, 0) is 67.6 Å². The van der Waals surface area contributed by atoms with E-state index in [0.29, 0.717) is 16.9 Å². The molecule has 0 N–H and O–H groups in total. The minimum Gasteiger partial charge on any atom is -0.414 e. The van der Waals surface area contributed by atoms with Crippen LogP contribution in [0.3, 0.4) is 0 Å². The van der Waals surface area contributed by atoms with Crippen molar-refractivity contribution < 1.29 is 9.22 Å². The van der Waals surface area contributed by atoms with E-state index >= 15 is 0 Å². The predicted octanol–water partition coefficient (Wildman–Crippen LogP) is 4.71. The summed E-state index contributed by atoms with van der Waals surface area (Å²) in [4.78, 5) is 10.8. The zero-order chi connectivity index (χ0) is 15.4. The maximum Gasteiger partial charge on any atom is 0.192 e. The van der Waals surface area contributed by atoms with E-state index in [1.54, 1.807) is 0 Å². The van der Waals surface area contributed by atoms with E-state index in [0.717, 1.165) is 11.9 Å². The minimum absolute atomic E-state index is 0.274.